The van der Waals surface area contributed by atoms with E-state index in [4.69, 9.17) is 21.4 Å². The molecule has 0 fully saturated rings. The van der Waals surface area contributed by atoms with Gasteiger partial charge in [-0.15, -0.1) is 0 Å². The molecule has 29 heavy (non-hydrogen) atoms. The second-order valence-electron chi connectivity index (χ2n) is 6.13. The van der Waals surface area contributed by atoms with E-state index in [2.05, 4.69) is 22.0 Å². The van der Waals surface area contributed by atoms with Crippen LogP contribution in [-0.4, -0.2) is 11.1 Å². The summed E-state index contributed by atoms with van der Waals surface area (Å²) in [5.41, 5.74) is 3.06. The van der Waals surface area contributed by atoms with Gasteiger partial charge in [0.15, 0.2) is 0 Å². The highest BCUT2D eigenvalue weighted by Crippen LogP contribution is 2.30. The number of carbonyl (C=O) groups is 1. The van der Waals surface area contributed by atoms with E-state index < -0.39 is 5.97 Å². The maximum atomic E-state index is 10.9. The van der Waals surface area contributed by atoms with Crippen LogP contribution >= 0.6 is 27.5 Å². The standard InChI is InChI=1S/C23H15BrClNO3/c24-20-12-16(11-18(13-26)19-3-1-2-4-21(19)25)7-10-22(20)29-14-15-5-8-17(9-6-15)23(27)28/h1-12H,14H2,(H,27,28). The molecule has 4 nitrogen and oxygen atoms in total. The van der Waals surface area contributed by atoms with Crippen molar-refractivity contribution >= 4 is 45.1 Å². The minimum atomic E-state index is -0.961. The van der Waals surface area contributed by atoms with Crippen LogP contribution in [0.5, 0.6) is 5.75 Å². The van der Waals surface area contributed by atoms with Crippen molar-refractivity contribution in [2.45, 2.75) is 6.61 Å². The fraction of sp³-hybridized carbons (Fsp3) is 0.0435. The zero-order valence-corrected chi connectivity index (χ0v) is 17.4. The summed E-state index contributed by atoms with van der Waals surface area (Å²) in [5, 5.41) is 19.0. The quantitative estimate of drug-likeness (QED) is 0.334. The molecule has 0 spiro atoms. The molecule has 0 radical (unpaired) electrons. The van der Waals surface area contributed by atoms with Gasteiger partial charge in [0, 0.05) is 10.6 Å². The van der Waals surface area contributed by atoms with Gasteiger partial charge in [0.1, 0.15) is 12.4 Å². The van der Waals surface area contributed by atoms with E-state index in [1.54, 1.807) is 42.5 Å². The molecule has 0 aromatic heterocycles. The number of rotatable bonds is 6. The van der Waals surface area contributed by atoms with Crippen molar-refractivity contribution in [2.24, 2.45) is 0 Å². The number of carboxylic acids is 1. The number of benzene rings is 3. The Kier molecular flexibility index (Phi) is 6.71. The highest BCUT2D eigenvalue weighted by molar-refractivity contribution is 9.10. The van der Waals surface area contributed by atoms with E-state index in [1.807, 2.05) is 30.3 Å². The Labute approximate surface area is 181 Å². The Morgan fingerprint density at radius 3 is 2.48 bits per heavy atom. The maximum Gasteiger partial charge on any atom is 0.335 e. The minimum absolute atomic E-state index is 0.234. The van der Waals surface area contributed by atoms with Crippen molar-refractivity contribution in [3.63, 3.8) is 0 Å². The van der Waals surface area contributed by atoms with Crippen molar-refractivity contribution in [1.82, 2.24) is 0 Å². The highest BCUT2D eigenvalue weighted by Gasteiger charge is 2.08. The topological polar surface area (TPSA) is 70.3 Å². The lowest BCUT2D eigenvalue weighted by molar-refractivity contribution is 0.0697. The van der Waals surface area contributed by atoms with E-state index in [-0.39, 0.29) is 5.56 Å². The van der Waals surface area contributed by atoms with Gasteiger partial charge in [-0.25, -0.2) is 4.79 Å². The second kappa shape index (κ2) is 9.42. The predicted octanol–water partition coefficient (Wildman–Crippen LogP) is 6.44. The van der Waals surface area contributed by atoms with Crippen LogP contribution in [0.2, 0.25) is 5.02 Å². The number of aromatic carboxylic acids is 1. The van der Waals surface area contributed by atoms with Gasteiger partial charge in [0.05, 0.1) is 21.7 Å². The number of carboxylic acid groups (broad SMARTS) is 1. The van der Waals surface area contributed by atoms with Crippen LogP contribution in [-0.2, 0) is 6.61 Å². The number of allylic oxidation sites excluding steroid dienone is 1. The monoisotopic (exact) mass is 467 g/mol. The molecule has 3 rings (SSSR count). The van der Waals surface area contributed by atoms with Crippen LogP contribution in [0.25, 0.3) is 11.6 Å². The van der Waals surface area contributed by atoms with Crippen molar-refractivity contribution < 1.29 is 14.6 Å². The summed E-state index contributed by atoms with van der Waals surface area (Å²) in [6.45, 7) is 0.302. The van der Waals surface area contributed by atoms with Crippen molar-refractivity contribution in [2.75, 3.05) is 0 Å². The molecule has 0 aliphatic carbocycles. The average Bonchev–Trinajstić information content (AvgIpc) is 2.72. The van der Waals surface area contributed by atoms with Gasteiger partial charge in [-0.3, -0.25) is 0 Å². The molecule has 0 saturated carbocycles. The number of nitriles is 1. The normalized spacial score (nSPS) is 11.0. The molecular weight excluding hydrogens is 454 g/mol. The summed E-state index contributed by atoms with van der Waals surface area (Å²) < 4.78 is 6.55. The maximum absolute atomic E-state index is 10.9. The molecule has 0 atom stereocenters. The SMILES string of the molecule is N#CC(=Cc1ccc(OCc2ccc(C(=O)O)cc2)c(Br)c1)c1ccccc1Cl. The summed E-state index contributed by atoms with van der Waals surface area (Å²) in [7, 11) is 0. The van der Waals surface area contributed by atoms with Crippen LogP contribution in [0.3, 0.4) is 0 Å². The van der Waals surface area contributed by atoms with Gasteiger partial charge in [-0.2, -0.15) is 5.26 Å². The summed E-state index contributed by atoms with van der Waals surface area (Å²) in [6.07, 6.45) is 1.76. The molecular formula is C23H15BrClNO3. The molecule has 0 amide bonds. The highest BCUT2D eigenvalue weighted by atomic mass is 79.9. The van der Waals surface area contributed by atoms with E-state index in [0.29, 0.717) is 28.5 Å². The van der Waals surface area contributed by atoms with Crippen molar-refractivity contribution in [3.05, 3.63) is 98.5 Å². The predicted molar refractivity (Wildman–Crippen MR) is 117 cm³/mol. The van der Waals surface area contributed by atoms with Gasteiger partial charge in [-0.05, 0) is 63.5 Å². The van der Waals surface area contributed by atoms with Crippen LogP contribution < -0.4 is 4.74 Å². The largest absolute Gasteiger partial charge is 0.488 e. The molecule has 0 bridgehead atoms. The smallest absolute Gasteiger partial charge is 0.335 e. The molecule has 0 saturated heterocycles. The lowest BCUT2D eigenvalue weighted by Gasteiger charge is -2.10. The fourth-order valence-corrected chi connectivity index (χ4v) is 3.39. The first-order valence-electron chi connectivity index (χ1n) is 8.59. The first-order valence-corrected chi connectivity index (χ1v) is 9.76. The summed E-state index contributed by atoms with van der Waals surface area (Å²) in [5.74, 6) is -0.321. The number of hydrogen-bond acceptors (Lipinski definition) is 3. The number of halogens is 2. The second-order valence-corrected chi connectivity index (χ2v) is 7.39. The molecule has 0 unspecified atom stereocenters. The third kappa shape index (κ3) is 5.26. The molecule has 3 aromatic rings. The number of nitrogens with zero attached hydrogens (tertiary/aromatic N) is 1. The van der Waals surface area contributed by atoms with Gasteiger partial charge in [0.2, 0.25) is 0 Å². The summed E-state index contributed by atoms with van der Waals surface area (Å²) in [6, 6.07) is 21.4. The van der Waals surface area contributed by atoms with E-state index >= 15 is 0 Å². The van der Waals surface area contributed by atoms with E-state index in [1.165, 1.54) is 0 Å². The summed E-state index contributed by atoms with van der Waals surface area (Å²) >= 11 is 9.69. The van der Waals surface area contributed by atoms with Crippen LogP contribution in [0, 0.1) is 11.3 Å². The van der Waals surface area contributed by atoms with Gasteiger partial charge >= 0.3 is 5.97 Å². The van der Waals surface area contributed by atoms with Crippen molar-refractivity contribution in [1.29, 1.82) is 5.26 Å². The van der Waals surface area contributed by atoms with E-state index in [0.717, 1.165) is 15.6 Å². The molecule has 0 aliphatic rings. The fourth-order valence-electron chi connectivity index (χ4n) is 2.65. The molecule has 6 heteroatoms. The molecule has 1 N–H and O–H groups in total. The Morgan fingerprint density at radius 1 is 1.14 bits per heavy atom. The third-order valence-corrected chi connectivity index (χ3v) is 5.10. The van der Waals surface area contributed by atoms with E-state index in [9.17, 15) is 10.1 Å². The average molecular weight is 469 g/mol. The third-order valence-electron chi connectivity index (χ3n) is 4.15. The zero-order chi connectivity index (χ0) is 20.8. The lowest BCUT2D eigenvalue weighted by atomic mass is 10.0. The Balaban J connectivity index is 1.75. The Bertz CT molecular complexity index is 1120. The Morgan fingerprint density at radius 2 is 1.86 bits per heavy atom. The Hall–Kier alpha value is -3.07. The van der Waals surface area contributed by atoms with Crippen molar-refractivity contribution in [3.8, 4) is 11.8 Å². The van der Waals surface area contributed by atoms with Crippen LogP contribution in [0.4, 0.5) is 0 Å². The van der Waals surface area contributed by atoms with Gasteiger partial charge < -0.3 is 9.84 Å². The minimum Gasteiger partial charge on any atom is -0.488 e. The lowest BCUT2D eigenvalue weighted by Crippen LogP contribution is -1.99. The molecule has 0 heterocycles. The first kappa shape index (κ1) is 20.7. The molecule has 3 aromatic carbocycles. The van der Waals surface area contributed by atoms with Crippen LogP contribution in [0.1, 0.15) is 27.0 Å². The first-order chi connectivity index (χ1) is 14.0. The van der Waals surface area contributed by atoms with Gasteiger partial charge in [-0.1, -0.05) is 48.0 Å². The number of ether oxygens (including phenoxy) is 1. The number of hydrogen-bond donors (Lipinski definition) is 1. The zero-order valence-electron chi connectivity index (χ0n) is 15.1. The molecule has 0 aliphatic heterocycles. The van der Waals surface area contributed by atoms with Gasteiger partial charge in [0.25, 0.3) is 0 Å². The summed E-state index contributed by atoms with van der Waals surface area (Å²) in [4.78, 5) is 10.9. The van der Waals surface area contributed by atoms with Crippen LogP contribution in [0.15, 0.2) is 71.2 Å². The molecule has 144 valence electrons.